The van der Waals surface area contributed by atoms with E-state index >= 15 is 0 Å². The number of anilines is 1. The summed E-state index contributed by atoms with van der Waals surface area (Å²) in [7, 11) is 0. The van der Waals surface area contributed by atoms with Crippen molar-refractivity contribution in [2.45, 2.75) is 25.9 Å². The van der Waals surface area contributed by atoms with Crippen molar-refractivity contribution >= 4 is 27.6 Å². The van der Waals surface area contributed by atoms with Gasteiger partial charge in [0.25, 0.3) is 0 Å². The number of carboxylic acid groups (broad SMARTS) is 1. The fourth-order valence-electron chi connectivity index (χ4n) is 1.80. The van der Waals surface area contributed by atoms with Crippen LogP contribution < -0.4 is 5.32 Å². The Bertz CT molecular complexity index is 477. The molecule has 20 heavy (non-hydrogen) atoms. The number of aliphatic carboxylic acids is 1. The fourth-order valence-corrected chi connectivity index (χ4v) is 2.17. The van der Waals surface area contributed by atoms with E-state index in [0.717, 1.165) is 6.07 Å². The van der Waals surface area contributed by atoms with E-state index in [1.165, 1.54) is 12.1 Å². The summed E-state index contributed by atoms with van der Waals surface area (Å²) in [6.45, 7) is 1.79. The van der Waals surface area contributed by atoms with Gasteiger partial charge in [0.2, 0.25) is 0 Å². The Kier molecular flexibility index (Phi) is 5.86. The number of alkyl halides is 3. The smallest absolute Gasteiger partial charge is 0.418 e. The Morgan fingerprint density at radius 2 is 2.10 bits per heavy atom. The third-order valence-electron chi connectivity index (χ3n) is 2.81. The van der Waals surface area contributed by atoms with Crippen molar-refractivity contribution in [3.8, 4) is 0 Å². The predicted molar refractivity (Wildman–Crippen MR) is 73.7 cm³/mol. The lowest BCUT2D eigenvalue weighted by Crippen LogP contribution is -2.23. The molecule has 1 unspecified atom stereocenters. The summed E-state index contributed by atoms with van der Waals surface area (Å²) in [4.78, 5) is 11.0. The summed E-state index contributed by atoms with van der Waals surface area (Å²) in [5.41, 5.74) is -0.921. The molecular weight excluding hydrogens is 339 g/mol. The van der Waals surface area contributed by atoms with Crippen molar-refractivity contribution in [2.75, 3.05) is 11.9 Å². The van der Waals surface area contributed by atoms with Gasteiger partial charge < -0.3 is 10.4 Å². The van der Waals surface area contributed by atoms with Gasteiger partial charge in [0.15, 0.2) is 0 Å². The number of halogens is 4. The molecule has 0 bridgehead atoms. The van der Waals surface area contributed by atoms with Gasteiger partial charge in [-0.05, 0) is 24.6 Å². The number of nitrogens with one attached hydrogen (secondary N) is 1. The Hall–Kier alpha value is -1.24. The summed E-state index contributed by atoms with van der Waals surface area (Å²) >= 11 is 3.11. The molecule has 0 saturated heterocycles. The van der Waals surface area contributed by atoms with Crippen molar-refractivity contribution in [1.82, 2.24) is 0 Å². The molecule has 0 radical (unpaired) electrons. The summed E-state index contributed by atoms with van der Waals surface area (Å²) in [5, 5.41) is 11.6. The third-order valence-corrected chi connectivity index (χ3v) is 3.31. The van der Waals surface area contributed by atoms with Crippen LogP contribution in [-0.4, -0.2) is 17.6 Å². The van der Waals surface area contributed by atoms with E-state index in [1.807, 2.05) is 6.92 Å². The molecule has 1 atom stereocenters. The highest BCUT2D eigenvalue weighted by Crippen LogP contribution is 2.36. The maximum absolute atomic E-state index is 12.8. The predicted octanol–water partition coefficient (Wildman–Crippen LogP) is 4.38. The van der Waals surface area contributed by atoms with Crippen LogP contribution in [0.3, 0.4) is 0 Å². The maximum atomic E-state index is 12.8. The Labute approximate surface area is 123 Å². The highest BCUT2D eigenvalue weighted by atomic mass is 79.9. The summed E-state index contributed by atoms with van der Waals surface area (Å²) in [5.74, 6) is -1.72. The average Bonchev–Trinajstić information content (AvgIpc) is 2.32. The first-order chi connectivity index (χ1) is 9.25. The summed E-state index contributed by atoms with van der Waals surface area (Å²) in [6.07, 6.45) is -3.41. The fraction of sp³-hybridized carbons (Fsp3) is 0.462. The minimum absolute atomic E-state index is 0.0390. The number of rotatable bonds is 6. The molecule has 0 aromatic heterocycles. The summed E-state index contributed by atoms with van der Waals surface area (Å²) in [6, 6.07) is 3.56. The van der Waals surface area contributed by atoms with Gasteiger partial charge in [-0.1, -0.05) is 29.3 Å². The number of benzene rings is 1. The van der Waals surface area contributed by atoms with Crippen LogP contribution in [0.2, 0.25) is 0 Å². The highest BCUT2D eigenvalue weighted by molar-refractivity contribution is 9.10. The van der Waals surface area contributed by atoms with Crippen LogP contribution in [0.25, 0.3) is 0 Å². The van der Waals surface area contributed by atoms with Crippen molar-refractivity contribution in [3.63, 3.8) is 0 Å². The van der Waals surface area contributed by atoms with Gasteiger partial charge in [0.05, 0.1) is 11.5 Å². The van der Waals surface area contributed by atoms with E-state index in [2.05, 4.69) is 21.2 Å². The Morgan fingerprint density at radius 1 is 1.45 bits per heavy atom. The number of carboxylic acids is 1. The zero-order valence-electron chi connectivity index (χ0n) is 10.8. The lowest BCUT2D eigenvalue weighted by atomic mass is 10.0. The Balaban J connectivity index is 2.91. The molecular formula is C13H15BrF3NO2. The highest BCUT2D eigenvalue weighted by Gasteiger charge is 2.33. The molecule has 1 aromatic carbocycles. The van der Waals surface area contributed by atoms with Crippen LogP contribution >= 0.6 is 15.9 Å². The standard InChI is InChI=1S/C13H15BrF3NO2/c1-2-3-8(12(19)20)7-18-11-6-9(14)4-5-10(11)13(15,16)17/h4-6,8,18H,2-3,7H2,1H3,(H,19,20). The van der Waals surface area contributed by atoms with Crippen LogP contribution in [0, 0.1) is 5.92 Å². The number of hydrogen-bond acceptors (Lipinski definition) is 2. The normalized spacial score (nSPS) is 13.1. The van der Waals surface area contributed by atoms with E-state index in [0.29, 0.717) is 17.3 Å². The molecule has 0 aliphatic heterocycles. The largest absolute Gasteiger partial charge is 0.481 e. The van der Waals surface area contributed by atoms with Gasteiger partial charge in [-0.25, -0.2) is 0 Å². The van der Waals surface area contributed by atoms with Crippen LogP contribution in [0.1, 0.15) is 25.3 Å². The van der Waals surface area contributed by atoms with E-state index < -0.39 is 23.6 Å². The topological polar surface area (TPSA) is 49.3 Å². The van der Waals surface area contributed by atoms with Crippen molar-refractivity contribution in [3.05, 3.63) is 28.2 Å². The Morgan fingerprint density at radius 3 is 2.60 bits per heavy atom. The molecule has 0 spiro atoms. The van der Waals surface area contributed by atoms with E-state index in [9.17, 15) is 18.0 Å². The molecule has 0 heterocycles. The quantitative estimate of drug-likeness (QED) is 0.797. The lowest BCUT2D eigenvalue weighted by Gasteiger charge is -2.17. The zero-order chi connectivity index (χ0) is 15.3. The lowest BCUT2D eigenvalue weighted by molar-refractivity contribution is -0.141. The van der Waals surface area contributed by atoms with E-state index in [1.54, 1.807) is 0 Å². The average molecular weight is 354 g/mol. The zero-order valence-corrected chi connectivity index (χ0v) is 12.4. The van der Waals surface area contributed by atoms with Crippen LogP contribution in [0.4, 0.5) is 18.9 Å². The molecule has 1 aromatic rings. The van der Waals surface area contributed by atoms with Crippen LogP contribution in [-0.2, 0) is 11.0 Å². The molecule has 2 N–H and O–H groups in total. The summed E-state index contributed by atoms with van der Waals surface area (Å²) < 4.78 is 39.0. The second-order valence-electron chi connectivity index (χ2n) is 4.39. The molecule has 112 valence electrons. The minimum atomic E-state index is -4.48. The molecule has 0 saturated carbocycles. The van der Waals surface area contributed by atoms with Gasteiger partial charge in [-0.3, -0.25) is 4.79 Å². The second kappa shape index (κ2) is 6.97. The van der Waals surface area contributed by atoms with Crippen LogP contribution in [0.15, 0.2) is 22.7 Å². The first kappa shape index (κ1) is 16.8. The van der Waals surface area contributed by atoms with Gasteiger partial charge in [-0.15, -0.1) is 0 Å². The molecule has 3 nitrogen and oxygen atoms in total. The maximum Gasteiger partial charge on any atom is 0.418 e. The van der Waals surface area contributed by atoms with E-state index in [4.69, 9.17) is 5.11 Å². The van der Waals surface area contributed by atoms with Crippen LogP contribution in [0.5, 0.6) is 0 Å². The number of carbonyl (C=O) groups is 1. The first-order valence-corrected chi connectivity index (χ1v) is 6.88. The SMILES string of the molecule is CCCC(CNc1cc(Br)ccc1C(F)(F)F)C(=O)O. The molecule has 0 aliphatic rings. The van der Waals surface area contributed by atoms with Gasteiger partial charge in [-0.2, -0.15) is 13.2 Å². The molecule has 0 aliphatic carbocycles. The van der Waals surface area contributed by atoms with Crippen molar-refractivity contribution in [1.29, 1.82) is 0 Å². The minimum Gasteiger partial charge on any atom is -0.481 e. The van der Waals surface area contributed by atoms with Gasteiger partial charge in [0, 0.05) is 16.7 Å². The molecule has 0 amide bonds. The van der Waals surface area contributed by atoms with Gasteiger partial charge in [0.1, 0.15) is 0 Å². The third kappa shape index (κ3) is 4.70. The second-order valence-corrected chi connectivity index (χ2v) is 5.31. The van der Waals surface area contributed by atoms with Gasteiger partial charge >= 0.3 is 12.1 Å². The monoisotopic (exact) mass is 353 g/mol. The molecule has 0 fully saturated rings. The van der Waals surface area contributed by atoms with Crippen molar-refractivity contribution in [2.24, 2.45) is 5.92 Å². The first-order valence-electron chi connectivity index (χ1n) is 6.09. The molecule has 1 rings (SSSR count). The van der Waals surface area contributed by atoms with Crippen molar-refractivity contribution < 1.29 is 23.1 Å². The molecule has 7 heteroatoms. The number of hydrogen-bond donors (Lipinski definition) is 2. The van der Waals surface area contributed by atoms with E-state index in [-0.39, 0.29) is 12.2 Å².